The van der Waals surface area contributed by atoms with Gasteiger partial charge in [-0.1, -0.05) is 0 Å². The van der Waals surface area contributed by atoms with Crippen LogP contribution in [0.15, 0.2) is 12.3 Å². The van der Waals surface area contributed by atoms with Crippen LogP contribution in [0.1, 0.15) is 16.8 Å². The Labute approximate surface area is 104 Å². The highest BCUT2D eigenvalue weighted by atomic mass is 19.1. The lowest BCUT2D eigenvalue weighted by atomic mass is 9.88. The van der Waals surface area contributed by atoms with Gasteiger partial charge in [-0.2, -0.15) is 0 Å². The number of rotatable bonds is 2. The summed E-state index contributed by atoms with van der Waals surface area (Å²) in [4.78, 5) is 17.9. The van der Waals surface area contributed by atoms with Crippen molar-refractivity contribution in [3.05, 3.63) is 23.6 Å². The summed E-state index contributed by atoms with van der Waals surface area (Å²) < 4.78 is 18.2. The Kier molecular flexibility index (Phi) is 2.66. The molecular formula is C12H14FN3O2. The molecule has 2 unspecified atom stereocenters. The smallest absolute Gasteiger partial charge is 0.256 e. The van der Waals surface area contributed by atoms with Gasteiger partial charge in [-0.15, -0.1) is 0 Å². The molecule has 2 atom stereocenters. The Bertz CT molecular complexity index is 480. The SMILES string of the molecule is COc1ncc(C(=O)N2C3CNCC2C3)cc1F. The second-order valence-corrected chi connectivity index (χ2v) is 4.63. The molecule has 3 heterocycles. The van der Waals surface area contributed by atoms with Crippen molar-refractivity contribution in [3.8, 4) is 5.88 Å². The van der Waals surface area contributed by atoms with Crippen molar-refractivity contribution in [1.29, 1.82) is 0 Å². The van der Waals surface area contributed by atoms with E-state index in [0.29, 0.717) is 0 Å². The van der Waals surface area contributed by atoms with Gasteiger partial charge in [0.2, 0.25) is 5.88 Å². The van der Waals surface area contributed by atoms with E-state index in [1.807, 2.05) is 4.90 Å². The van der Waals surface area contributed by atoms with Crippen LogP contribution in [-0.2, 0) is 0 Å². The quantitative estimate of drug-likeness (QED) is 0.827. The zero-order valence-corrected chi connectivity index (χ0v) is 10.0. The third-order valence-corrected chi connectivity index (χ3v) is 3.57. The van der Waals surface area contributed by atoms with Crippen molar-refractivity contribution in [3.63, 3.8) is 0 Å². The number of carbonyl (C=O) groups is 1. The number of hydrogen-bond acceptors (Lipinski definition) is 4. The maximum atomic E-state index is 13.5. The molecule has 0 aromatic carbocycles. The van der Waals surface area contributed by atoms with Gasteiger partial charge in [0.1, 0.15) is 0 Å². The van der Waals surface area contributed by atoms with Crippen LogP contribution in [0.4, 0.5) is 4.39 Å². The number of methoxy groups -OCH3 is 1. The molecule has 0 spiro atoms. The number of halogens is 1. The lowest BCUT2D eigenvalue weighted by Gasteiger charge is -2.53. The first-order valence-electron chi connectivity index (χ1n) is 5.93. The highest BCUT2D eigenvalue weighted by Gasteiger charge is 2.44. The van der Waals surface area contributed by atoms with Gasteiger partial charge in [0, 0.05) is 31.4 Å². The normalized spacial score (nSPS) is 25.6. The molecule has 5 nitrogen and oxygen atoms in total. The maximum absolute atomic E-state index is 13.5. The Morgan fingerprint density at radius 1 is 1.56 bits per heavy atom. The fourth-order valence-corrected chi connectivity index (χ4v) is 2.65. The average molecular weight is 251 g/mol. The third-order valence-electron chi connectivity index (χ3n) is 3.57. The minimum Gasteiger partial charge on any atom is -0.479 e. The van der Waals surface area contributed by atoms with Crippen molar-refractivity contribution in [2.75, 3.05) is 20.2 Å². The number of piperazine rings is 1. The number of nitrogens with one attached hydrogen (secondary N) is 1. The van der Waals surface area contributed by atoms with E-state index in [2.05, 4.69) is 10.3 Å². The number of carbonyl (C=O) groups excluding carboxylic acids is 1. The van der Waals surface area contributed by atoms with Crippen LogP contribution in [0.3, 0.4) is 0 Å². The summed E-state index contributed by atoms with van der Waals surface area (Å²) in [5.41, 5.74) is 0.282. The lowest BCUT2D eigenvalue weighted by Crippen LogP contribution is -2.69. The molecule has 6 heteroatoms. The largest absolute Gasteiger partial charge is 0.479 e. The summed E-state index contributed by atoms with van der Waals surface area (Å²) in [5, 5.41) is 3.25. The minimum absolute atomic E-state index is 0.0861. The first-order chi connectivity index (χ1) is 8.70. The van der Waals surface area contributed by atoms with Crippen molar-refractivity contribution < 1.29 is 13.9 Å². The molecule has 1 aromatic rings. The molecule has 2 fully saturated rings. The predicted octanol–water partition coefficient (Wildman–Crippen LogP) is 0.416. The van der Waals surface area contributed by atoms with E-state index >= 15 is 0 Å². The first kappa shape index (κ1) is 11.4. The van der Waals surface area contributed by atoms with Crippen LogP contribution in [-0.4, -0.2) is 48.1 Å². The van der Waals surface area contributed by atoms with Gasteiger partial charge in [0.25, 0.3) is 5.91 Å². The second kappa shape index (κ2) is 4.20. The average Bonchev–Trinajstić information content (AvgIpc) is 2.39. The van der Waals surface area contributed by atoms with E-state index in [-0.39, 0.29) is 29.4 Å². The topological polar surface area (TPSA) is 54.5 Å². The molecule has 18 heavy (non-hydrogen) atoms. The zero-order valence-electron chi connectivity index (χ0n) is 10.0. The number of ether oxygens (including phenoxy) is 1. The fourth-order valence-electron chi connectivity index (χ4n) is 2.65. The molecule has 1 aromatic heterocycles. The van der Waals surface area contributed by atoms with Gasteiger partial charge in [0.05, 0.1) is 12.7 Å². The van der Waals surface area contributed by atoms with Crippen LogP contribution < -0.4 is 10.1 Å². The van der Waals surface area contributed by atoms with Crippen molar-refractivity contribution >= 4 is 5.91 Å². The van der Waals surface area contributed by atoms with Gasteiger partial charge in [-0.05, 0) is 12.5 Å². The van der Waals surface area contributed by atoms with Crippen LogP contribution in [0.2, 0.25) is 0 Å². The van der Waals surface area contributed by atoms with Crippen LogP contribution >= 0.6 is 0 Å². The van der Waals surface area contributed by atoms with Gasteiger partial charge < -0.3 is 15.0 Å². The Balaban J connectivity index is 1.82. The van der Waals surface area contributed by atoms with Gasteiger partial charge >= 0.3 is 0 Å². The monoisotopic (exact) mass is 251 g/mol. The maximum Gasteiger partial charge on any atom is 0.256 e. The Hall–Kier alpha value is -1.69. The van der Waals surface area contributed by atoms with E-state index in [0.717, 1.165) is 19.5 Å². The number of piperidine rings is 1. The van der Waals surface area contributed by atoms with Crippen LogP contribution in [0, 0.1) is 5.82 Å². The van der Waals surface area contributed by atoms with E-state index in [1.165, 1.54) is 19.4 Å². The molecule has 3 rings (SSSR count). The predicted molar refractivity (Wildman–Crippen MR) is 62.0 cm³/mol. The molecule has 1 amide bonds. The molecule has 0 saturated carbocycles. The molecule has 0 aliphatic carbocycles. The lowest BCUT2D eigenvalue weighted by molar-refractivity contribution is -0.00225. The minimum atomic E-state index is -0.604. The highest BCUT2D eigenvalue weighted by molar-refractivity contribution is 5.95. The van der Waals surface area contributed by atoms with E-state index in [1.54, 1.807) is 0 Å². The van der Waals surface area contributed by atoms with Crippen LogP contribution in [0.25, 0.3) is 0 Å². The Morgan fingerprint density at radius 3 is 2.83 bits per heavy atom. The molecular weight excluding hydrogens is 237 g/mol. The second-order valence-electron chi connectivity index (χ2n) is 4.63. The van der Waals surface area contributed by atoms with Gasteiger partial charge in [-0.3, -0.25) is 4.79 Å². The summed E-state index contributed by atoms with van der Waals surface area (Å²) in [7, 11) is 1.35. The van der Waals surface area contributed by atoms with Gasteiger partial charge in [0.15, 0.2) is 5.82 Å². The first-order valence-corrected chi connectivity index (χ1v) is 5.93. The number of nitrogens with zero attached hydrogens (tertiary/aromatic N) is 2. The van der Waals surface area contributed by atoms with E-state index < -0.39 is 5.82 Å². The zero-order chi connectivity index (χ0) is 12.7. The molecule has 0 radical (unpaired) electrons. The van der Waals surface area contributed by atoms with Crippen LogP contribution in [0.5, 0.6) is 5.88 Å². The summed E-state index contributed by atoms with van der Waals surface area (Å²) >= 11 is 0. The number of amides is 1. The summed E-state index contributed by atoms with van der Waals surface area (Å²) in [6, 6.07) is 1.66. The van der Waals surface area contributed by atoms with E-state index in [9.17, 15) is 9.18 Å². The van der Waals surface area contributed by atoms with Crippen molar-refractivity contribution in [2.24, 2.45) is 0 Å². The fraction of sp³-hybridized carbons (Fsp3) is 0.500. The number of aromatic nitrogens is 1. The number of pyridine rings is 1. The Morgan fingerprint density at radius 2 is 2.28 bits per heavy atom. The molecule has 2 saturated heterocycles. The molecule has 2 bridgehead atoms. The molecule has 1 N–H and O–H groups in total. The molecule has 96 valence electrons. The molecule has 2 aliphatic rings. The molecule has 2 aliphatic heterocycles. The summed E-state index contributed by atoms with van der Waals surface area (Å²) in [6.07, 6.45) is 2.40. The number of hydrogen-bond donors (Lipinski definition) is 1. The van der Waals surface area contributed by atoms with Crippen molar-refractivity contribution in [1.82, 2.24) is 15.2 Å². The third kappa shape index (κ3) is 1.64. The standard InChI is InChI=1S/C12H14FN3O2/c1-18-11-10(13)2-7(4-15-11)12(17)16-8-3-9(16)6-14-5-8/h2,4,8-9,14H,3,5-6H2,1H3. The summed E-state index contributed by atoms with van der Waals surface area (Å²) in [6.45, 7) is 1.63. The van der Waals surface area contributed by atoms with Crippen molar-refractivity contribution in [2.45, 2.75) is 18.5 Å². The van der Waals surface area contributed by atoms with Gasteiger partial charge in [-0.25, -0.2) is 9.37 Å². The highest BCUT2D eigenvalue weighted by Crippen LogP contribution is 2.30. The number of fused-ring (bicyclic) bond motifs is 2. The van der Waals surface area contributed by atoms with E-state index in [4.69, 9.17) is 4.74 Å². The summed E-state index contributed by atoms with van der Waals surface area (Å²) in [5.74, 6) is -0.837.